The topological polar surface area (TPSA) is 72.6 Å². The largest absolute Gasteiger partial charge is 0.493 e. The highest BCUT2D eigenvalue weighted by Gasteiger charge is 2.25. The second-order valence-corrected chi connectivity index (χ2v) is 6.42. The van der Waals surface area contributed by atoms with Crippen LogP contribution in [0.4, 0.5) is 4.39 Å². The number of piperidine rings is 1. The van der Waals surface area contributed by atoms with Gasteiger partial charge in [0, 0.05) is 25.2 Å². The first-order chi connectivity index (χ1) is 12.7. The molecule has 1 saturated heterocycles. The highest BCUT2D eigenvalue weighted by Crippen LogP contribution is 2.21. The zero-order valence-corrected chi connectivity index (χ0v) is 14.1. The molecule has 0 saturated carbocycles. The van der Waals surface area contributed by atoms with E-state index in [2.05, 4.69) is 15.5 Å². The zero-order chi connectivity index (χ0) is 17.9. The molecule has 1 fully saturated rings. The first kappa shape index (κ1) is 16.4. The Morgan fingerprint density at radius 2 is 2.08 bits per heavy atom. The molecule has 0 unspecified atom stereocenters. The van der Waals surface area contributed by atoms with E-state index in [4.69, 9.17) is 4.74 Å². The molecule has 26 heavy (non-hydrogen) atoms. The number of likely N-dealkylation sites (tertiary alicyclic amines) is 1. The van der Waals surface area contributed by atoms with Gasteiger partial charge in [0.1, 0.15) is 11.6 Å². The Bertz CT molecular complexity index is 911. The molecule has 0 spiro atoms. The van der Waals surface area contributed by atoms with Crippen LogP contribution in [0.5, 0.6) is 5.75 Å². The molecule has 1 atom stereocenters. The Morgan fingerprint density at radius 3 is 2.92 bits per heavy atom. The smallest absolute Gasteiger partial charge is 0.255 e. The summed E-state index contributed by atoms with van der Waals surface area (Å²) >= 11 is 0. The van der Waals surface area contributed by atoms with Crippen molar-refractivity contribution in [1.82, 2.24) is 24.9 Å². The van der Waals surface area contributed by atoms with Gasteiger partial charge in [0.2, 0.25) is 0 Å². The van der Waals surface area contributed by atoms with Gasteiger partial charge in [0.25, 0.3) is 5.91 Å². The van der Waals surface area contributed by atoms with Crippen molar-refractivity contribution in [2.75, 3.05) is 19.7 Å². The van der Waals surface area contributed by atoms with Crippen LogP contribution in [0.2, 0.25) is 0 Å². The molecule has 1 amide bonds. The highest BCUT2D eigenvalue weighted by molar-refractivity contribution is 5.94. The minimum absolute atomic E-state index is 0.0334. The van der Waals surface area contributed by atoms with Crippen molar-refractivity contribution in [1.29, 1.82) is 0 Å². The van der Waals surface area contributed by atoms with Crippen LogP contribution in [0, 0.1) is 11.7 Å². The van der Waals surface area contributed by atoms with E-state index in [0.29, 0.717) is 30.1 Å². The maximum absolute atomic E-state index is 12.9. The van der Waals surface area contributed by atoms with Gasteiger partial charge in [0.05, 0.1) is 12.2 Å². The van der Waals surface area contributed by atoms with Crippen molar-refractivity contribution in [2.24, 2.45) is 5.92 Å². The third kappa shape index (κ3) is 3.49. The third-order valence-electron chi connectivity index (χ3n) is 4.54. The molecule has 1 aromatic carbocycles. The minimum Gasteiger partial charge on any atom is -0.493 e. The molecular formula is C18H18FN5O2. The SMILES string of the molecule is O=C(c1ccc2nnnn2c1)N1CCC[C@@H](COc2ccc(F)cc2)C1. The van der Waals surface area contributed by atoms with Gasteiger partial charge in [-0.3, -0.25) is 4.79 Å². The second-order valence-electron chi connectivity index (χ2n) is 6.42. The Morgan fingerprint density at radius 1 is 1.23 bits per heavy atom. The highest BCUT2D eigenvalue weighted by atomic mass is 19.1. The molecule has 0 aliphatic carbocycles. The summed E-state index contributed by atoms with van der Waals surface area (Å²) < 4.78 is 20.2. The number of tetrazole rings is 1. The number of hydrogen-bond acceptors (Lipinski definition) is 5. The summed E-state index contributed by atoms with van der Waals surface area (Å²) in [4.78, 5) is 14.6. The lowest BCUT2D eigenvalue weighted by Gasteiger charge is -2.32. The molecule has 7 nitrogen and oxygen atoms in total. The Hall–Kier alpha value is -3.03. The number of halogens is 1. The summed E-state index contributed by atoms with van der Waals surface area (Å²) in [7, 11) is 0. The fourth-order valence-electron chi connectivity index (χ4n) is 3.18. The minimum atomic E-state index is -0.286. The lowest BCUT2D eigenvalue weighted by atomic mass is 9.98. The number of carbonyl (C=O) groups is 1. The fourth-order valence-corrected chi connectivity index (χ4v) is 3.18. The summed E-state index contributed by atoms with van der Waals surface area (Å²) in [5.74, 6) is 0.564. The van der Waals surface area contributed by atoms with Crippen molar-refractivity contribution in [3.05, 3.63) is 54.0 Å². The molecule has 3 aromatic rings. The lowest BCUT2D eigenvalue weighted by molar-refractivity contribution is 0.0632. The van der Waals surface area contributed by atoms with Crippen LogP contribution in [0.1, 0.15) is 23.2 Å². The quantitative estimate of drug-likeness (QED) is 0.717. The van der Waals surface area contributed by atoms with E-state index >= 15 is 0 Å². The molecule has 1 aliphatic rings. The monoisotopic (exact) mass is 355 g/mol. The predicted molar refractivity (Wildman–Crippen MR) is 91.3 cm³/mol. The molecule has 0 N–H and O–H groups in total. The average Bonchev–Trinajstić information content (AvgIpc) is 3.15. The van der Waals surface area contributed by atoms with E-state index in [0.717, 1.165) is 19.4 Å². The molecule has 4 rings (SSSR count). The predicted octanol–water partition coefficient (Wildman–Crippen LogP) is 2.19. The van der Waals surface area contributed by atoms with Crippen molar-refractivity contribution >= 4 is 11.6 Å². The van der Waals surface area contributed by atoms with Crippen molar-refractivity contribution in [3.63, 3.8) is 0 Å². The molecule has 0 bridgehead atoms. The normalized spacial score (nSPS) is 17.4. The van der Waals surface area contributed by atoms with E-state index in [1.807, 2.05) is 4.90 Å². The van der Waals surface area contributed by atoms with E-state index in [1.54, 1.807) is 30.5 Å². The molecule has 3 heterocycles. The maximum Gasteiger partial charge on any atom is 0.255 e. The summed E-state index contributed by atoms with van der Waals surface area (Å²) in [6.45, 7) is 1.86. The molecule has 2 aromatic heterocycles. The maximum atomic E-state index is 12.9. The summed E-state index contributed by atoms with van der Waals surface area (Å²) in [6, 6.07) is 9.45. The van der Waals surface area contributed by atoms with Crippen LogP contribution in [-0.2, 0) is 0 Å². The van der Waals surface area contributed by atoms with E-state index in [1.165, 1.54) is 16.6 Å². The van der Waals surface area contributed by atoms with Gasteiger partial charge in [-0.25, -0.2) is 4.39 Å². The Kier molecular flexibility index (Phi) is 4.47. The number of fused-ring (bicyclic) bond motifs is 1. The number of benzene rings is 1. The molecule has 134 valence electrons. The number of ether oxygens (including phenoxy) is 1. The Balaban J connectivity index is 1.39. The summed E-state index contributed by atoms with van der Waals surface area (Å²) in [5, 5.41) is 11.3. The fraction of sp³-hybridized carbons (Fsp3) is 0.333. The van der Waals surface area contributed by atoms with Crippen molar-refractivity contribution in [2.45, 2.75) is 12.8 Å². The van der Waals surface area contributed by atoms with Crippen LogP contribution in [-0.4, -0.2) is 50.5 Å². The van der Waals surface area contributed by atoms with Gasteiger partial charge >= 0.3 is 0 Å². The summed E-state index contributed by atoms with van der Waals surface area (Å²) in [5.41, 5.74) is 1.16. The van der Waals surface area contributed by atoms with E-state index in [-0.39, 0.29) is 17.6 Å². The van der Waals surface area contributed by atoms with Crippen LogP contribution in [0.3, 0.4) is 0 Å². The van der Waals surface area contributed by atoms with Gasteiger partial charge < -0.3 is 9.64 Å². The van der Waals surface area contributed by atoms with E-state index < -0.39 is 0 Å². The van der Waals surface area contributed by atoms with Crippen LogP contribution in [0.25, 0.3) is 5.65 Å². The second kappa shape index (κ2) is 7.07. The number of carbonyl (C=O) groups excluding carboxylic acids is 1. The number of amides is 1. The molecular weight excluding hydrogens is 337 g/mol. The molecule has 8 heteroatoms. The van der Waals surface area contributed by atoms with Crippen LogP contribution in [0.15, 0.2) is 42.6 Å². The van der Waals surface area contributed by atoms with Crippen LogP contribution < -0.4 is 4.74 Å². The number of rotatable bonds is 4. The average molecular weight is 355 g/mol. The first-order valence-electron chi connectivity index (χ1n) is 8.54. The standard InChI is InChI=1S/C18H18FN5O2/c19-15-4-6-16(7-5-15)26-12-13-2-1-9-23(10-13)18(25)14-3-8-17-20-21-22-24(17)11-14/h3-8,11,13H,1-2,9-10,12H2/t13-/m1/s1. The van der Waals surface area contributed by atoms with E-state index in [9.17, 15) is 9.18 Å². The number of nitrogens with zero attached hydrogens (tertiary/aromatic N) is 5. The zero-order valence-electron chi connectivity index (χ0n) is 14.1. The number of aromatic nitrogens is 4. The molecule has 1 aliphatic heterocycles. The number of hydrogen-bond donors (Lipinski definition) is 0. The van der Waals surface area contributed by atoms with Gasteiger partial charge in [-0.1, -0.05) is 0 Å². The Labute approximate surface area is 149 Å². The lowest BCUT2D eigenvalue weighted by Crippen LogP contribution is -2.41. The number of pyridine rings is 1. The van der Waals surface area contributed by atoms with Gasteiger partial charge in [0.15, 0.2) is 5.65 Å². The third-order valence-corrected chi connectivity index (χ3v) is 4.54. The van der Waals surface area contributed by atoms with Crippen molar-refractivity contribution < 1.29 is 13.9 Å². The van der Waals surface area contributed by atoms with Gasteiger partial charge in [-0.2, -0.15) is 4.52 Å². The summed E-state index contributed by atoms with van der Waals surface area (Å²) in [6.07, 6.45) is 3.57. The van der Waals surface area contributed by atoms with Gasteiger partial charge in [-0.05, 0) is 59.7 Å². The van der Waals surface area contributed by atoms with Crippen LogP contribution >= 0.6 is 0 Å². The first-order valence-corrected chi connectivity index (χ1v) is 8.54. The van der Waals surface area contributed by atoms with Crippen molar-refractivity contribution in [3.8, 4) is 5.75 Å². The molecule has 0 radical (unpaired) electrons. The van der Waals surface area contributed by atoms with Gasteiger partial charge in [-0.15, -0.1) is 5.10 Å².